The summed E-state index contributed by atoms with van der Waals surface area (Å²) in [5, 5.41) is 8.89. The predicted molar refractivity (Wildman–Crippen MR) is 112 cm³/mol. The summed E-state index contributed by atoms with van der Waals surface area (Å²) in [6, 6.07) is 5.97. The molecule has 8 heteroatoms. The molecule has 1 aromatic rings. The molecule has 140 valence electrons. The van der Waals surface area contributed by atoms with Crippen LogP contribution in [0.5, 0.6) is 0 Å². The van der Waals surface area contributed by atoms with Gasteiger partial charge in [0, 0.05) is 12.1 Å². The standard InChI is InChI=1S/C17H24Cl3N3OS/c1-4-5-6-7-14(24)22-15(17(18,19)20)23-16(25)21-13-10-11(2)8-9-12(13)3/h8-10,15H,4-7H2,1-3H3,(H,22,24)(H2,21,23,25)/t15-/m0/s1. The number of halogens is 3. The van der Waals surface area contributed by atoms with Crippen LogP contribution in [0.1, 0.15) is 43.7 Å². The molecule has 4 nitrogen and oxygen atoms in total. The van der Waals surface area contributed by atoms with Crippen molar-refractivity contribution >= 4 is 63.7 Å². The van der Waals surface area contributed by atoms with Gasteiger partial charge in [0.05, 0.1) is 0 Å². The second kappa shape index (κ2) is 10.4. The first-order chi connectivity index (χ1) is 11.6. The van der Waals surface area contributed by atoms with E-state index >= 15 is 0 Å². The highest BCUT2D eigenvalue weighted by Gasteiger charge is 2.34. The highest BCUT2D eigenvalue weighted by molar-refractivity contribution is 7.80. The first kappa shape index (κ1) is 22.3. The Bertz CT molecular complexity index is 605. The molecule has 1 aromatic carbocycles. The van der Waals surface area contributed by atoms with Crippen LogP contribution in [0.3, 0.4) is 0 Å². The zero-order valence-electron chi connectivity index (χ0n) is 14.6. The molecule has 0 spiro atoms. The van der Waals surface area contributed by atoms with E-state index in [1.807, 2.05) is 32.0 Å². The van der Waals surface area contributed by atoms with Crippen molar-refractivity contribution in [1.82, 2.24) is 10.6 Å². The number of thiocarbonyl (C=S) groups is 1. The summed E-state index contributed by atoms with van der Waals surface area (Å²) in [6.45, 7) is 6.02. The lowest BCUT2D eigenvalue weighted by Crippen LogP contribution is -2.56. The molecule has 0 fully saturated rings. The minimum absolute atomic E-state index is 0.188. The molecule has 0 heterocycles. The number of benzene rings is 1. The number of unbranched alkanes of at least 4 members (excludes halogenated alkanes) is 2. The number of amides is 1. The number of hydrogen-bond acceptors (Lipinski definition) is 2. The highest BCUT2D eigenvalue weighted by atomic mass is 35.6. The average molecular weight is 425 g/mol. The second-order valence-electron chi connectivity index (χ2n) is 5.92. The highest BCUT2D eigenvalue weighted by Crippen LogP contribution is 2.29. The molecule has 0 aromatic heterocycles. The smallest absolute Gasteiger partial charge is 0.228 e. The topological polar surface area (TPSA) is 53.2 Å². The molecule has 0 saturated carbocycles. The van der Waals surface area contributed by atoms with Gasteiger partial charge >= 0.3 is 0 Å². The monoisotopic (exact) mass is 423 g/mol. The second-order valence-corrected chi connectivity index (χ2v) is 8.69. The molecule has 0 aliphatic rings. The van der Waals surface area contributed by atoms with Crippen LogP contribution >= 0.6 is 47.0 Å². The summed E-state index contributed by atoms with van der Waals surface area (Å²) in [4.78, 5) is 12.0. The Morgan fingerprint density at radius 1 is 1.20 bits per heavy atom. The lowest BCUT2D eigenvalue weighted by Gasteiger charge is -2.28. The largest absolute Gasteiger partial charge is 0.339 e. The molecule has 1 rings (SSSR count). The molecule has 0 unspecified atom stereocenters. The molecular formula is C17H24Cl3N3OS. The van der Waals surface area contributed by atoms with Crippen LogP contribution in [0.2, 0.25) is 0 Å². The van der Waals surface area contributed by atoms with Crippen molar-refractivity contribution in [2.24, 2.45) is 0 Å². The summed E-state index contributed by atoms with van der Waals surface area (Å²) >= 11 is 23.2. The lowest BCUT2D eigenvalue weighted by atomic mass is 10.1. The van der Waals surface area contributed by atoms with Crippen LogP contribution in [0.4, 0.5) is 5.69 Å². The van der Waals surface area contributed by atoms with Crippen molar-refractivity contribution in [3.8, 4) is 0 Å². The van der Waals surface area contributed by atoms with E-state index in [2.05, 4.69) is 22.9 Å². The van der Waals surface area contributed by atoms with Gasteiger partial charge < -0.3 is 16.0 Å². The number of alkyl halides is 3. The van der Waals surface area contributed by atoms with Gasteiger partial charge in [0.1, 0.15) is 6.17 Å². The molecular weight excluding hydrogens is 401 g/mol. The van der Waals surface area contributed by atoms with Gasteiger partial charge in [-0.15, -0.1) is 0 Å². The van der Waals surface area contributed by atoms with E-state index in [0.29, 0.717) is 6.42 Å². The van der Waals surface area contributed by atoms with Crippen LogP contribution in [0.25, 0.3) is 0 Å². The van der Waals surface area contributed by atoms with Gasteiger partial charge in [0.25, 0.3) is 0 Å². The van der Waals surface area contributed by atoms with Crippen molar-refractivity contribution in [1.29, 1.82) is 0 Å². The number of carbonyl (C=O) groups excluding carboxylic acids is 1. The Kier molecular flexibility index (Phi) is 9.28. The quantitative estimate of drug-likeness (QED) is 0.250. The molecule has 0 aliphatic heterocycles. The summed E-state index contributed by atoms with van der Waals surface area (Å²) in [5.41, 5.74) is 2.98. The fourth-order valence-corrected chi connectivity index (χ4v) is 2.68. The minimum atomic E-state index is -1.74. The molecule has 1 amide bonds. The van der Waals surface area contributed by atoms with E-state index < -0.39 is 9.96 Å². The summed E-state index contributed by atoms with van der Waals surface area (Å²) in [5.74, 6) is -0.188. The van der Waals surface area contributed by atoms with Crippen LogP contribution in [-0.2, 0) is 4.79 Å². The van der Waals surface area contributed by atoms with Gasteiger partial charge in [-0.2, -0.15) is 0 Å². The number of hydrogen-bond donors (Lipinski definition) is 3. The van der Waals surface area contributed by atoms with E-state index in [-0.39, 0.29) is 11.0 Å². The number of rotatable bonds is 7. The van der Waals surface area contributed by atoms with Gasteiger partial charge in [-0.1, -0.05) is 66.7 Å². The Morgan fingerprint density at radius 3 is 2.48 bits per heavy atom. The van der Waals surface area contributed by atoms with E-state index in [1.54, 1.807) is 0 Å². The third-order valence-electron chi connectivity index (χ3n) is 3.56. The summed E-state index contributed by atoms with van der Waals surface area (Å²) < 4.78 is -1.74. The van der Waals surface area contributed by atoms with Gasteiger partial charge in [-0.05, 0) is 49.7 Å². The molecule has 3 N–H and O–H groups in total. The number of carbonyl (C=O) groups is 1. The Labute approximate surface area is 170 Å². The zero-order chi connectivity index (χ0) is 19.0. The normalized spacial score (nSPS) is 12.4. The van der Waals surface area contributed by atoms with E-state index in [4.69, 9.17) is 47.0 Å². The number of nitrogens with one attached hydrogen (secondary N) is 3. The van der Waals surface area contributed by atoms with Crippen molar-refractivity contribution in [2.75, 3.05) is 5.32 Å². The minimum Gasteiger partial charge on any atom is -0.339 e. The van der Waals surface area contributed by atoms with Gasteiger partial charge in [0.15, 0.2) is 5.11 Å². The van der Waals surface area contributed by atoms with Gasteiger partial charge in [-0.25, -0.2) is 0 Å². The fourth-order valence-electron chi connectivity index (χ4n) is 2.13. The Hall–Kier alpha value is -0.750. The first-order valence-corrected chi connectivity index (χ1v) is 9.68. The van der Waals surface area contributed by atoms with E-state index in [0.717, 1.165) is 36.1 Å². The number of anilines is 1. The first-order valence-electron chi connectivity index (χ1n) is 8.14. The van der Waals surface area contributed by atoms with Crippen LogP contribution in [0, 0.1) is 13.8 Å². The maximum atomic E-state index is 12.0. The fraction of sp³-hybridized carbons (Fsp3) is 0.529. The molecule has 1 atom stereocenters. The van der Waals surface area contributed by atoms with E-state index in [9.17, 15) is 4.79 Å². The van der Waals surface area contributed by atoms with E-state index in [1.165, 1.54) is 0 Å². The lowest BCUT2D eigenvalue weighted by molar-refractivity contribution is -0.122. The molecule has 25 heavy (non-hydrogen) atoms. The third-order valence-corrected chi connectivity index (χ3v) is 4.43. The van der Waals surface area contributed by atoms with Crippen LogP contribution in [-0.4, -0.2) is 21.0 Å². The van der Waals surface area contributed by atoms with Crippen LogP contribution in [0.15, 0.2) is 18.2 Å². The maximum absolute atomic E-state index is 12.0. The van der Waals surface area contributed by atoms with Gasteiger partial charge in [-0.3, -0.25) is 4.79 Å². The summed E-state index contributed by atoms with van der Waals surface area (Å²) in [6.07, 6.45) is 2.25. The molecule has 0 aliphatic carbocycles. The third kappa shape index (κ3) is 8.45. The van der Waals surface area contributed by atoms with Gasteiger partial charge in [0.2, 0.25) is 9.70 Å². The summed E-state index contributed by atoms with van der Waals surface area (Å²) in [7, 11) is 0. The molecule has 0 bridgehead atoms. The maximum Gasteiger partial charge on any atom is 0.228 e. The number of aryl methyl sites for hydroxylation is 2. The molecule has 0 saturated heterocycles. The molecule has 0 radical (unpaired) electrons. The van der Waals surface area contributed by atoms with Crippen molar-refractivity contribution in [2.45, 2.75) is 56.4 Å². The SMILES string of the molecule is CCCCCC(=O)N[C@@H](NC(=S)Nc1cc(C)ccc1C)C(Cl)(Cl)Cl. The predicted octanol–water partition coefficient (Wildman–Crippen LogP) is 4.98. The average Bonchev–Trinajstić information content (AvgIpc) is 2.49. The van der Waals surface area contributed by atoms with Crippen LogP contribution < -0.4 is 16.0 Å². The van der Waals surface area contributed by atoms with Crippen molar-refractivity contribution < 1.29 is 4.79 Å². The van der Waals surface area contributed by atoms with Crippen molar-refractivity contribution in [3.05, 3.63) is 29.3 Å². The Morgan fingerprint density at radius 2 is 1.88 bits per heavy atom. The zero-order valence-corrected chi connectivity index (χ0v) is 17.7. The van der Waals surface area contributed by atoms with Crippen molar-refractivity contribution in [3.63, 3.8) is 0 Å². The Balaban J connectivity index is 2.70.